The largest absolute Gasteiger partial charge is 0.480 e. The molecule has 5 nitrogen and oxygen atoms in total. The normalized spacial score (nSPS) is 14.0. The van der Waals surface area contributed by atoms with Crippen LogP contribution < -0.4 is 5.73 Å². The maximum Gasteiger partial charge on any atom is 0.331 e. The fraction of sp³-hybridized carbons (Fsp3) is 0.600. The first kappa shape index (κ1) is 13.6. The smallest absolute Gasteiger partial charge is 0.331 e. The molecule has 0 aliphatic carbocycles. The van der Waals surface area contributed by atoms with Gasteiger partial charge in [-0.1, -0.05) is 19.9 Å². The van der Waals surface area contributed by atoms with Gasteiger partial charge in [0.25, 0.3) is 0 Å². The van der Waals surface area contributed by atoms with Crippen molar-refractivity contribution in [3.63, 3.8) is 0 Å². The summed E-state index contributed by atoms with van der Waals surface area (Å²) in [6, 6.07) is -1.15. The summed E-state index contributed by atoms with van der Waals surface area (Å²) in [5.41, 5.74) is 5.33. The zero-order chi connectivity index (χ0) is 12.0. The van der Waals surface area contributed by atoms with Crippen molar-refractivity contribution in [2.75, 3.05) is 0 Å². The predicted octanol–water partition coefficient (Wildman–Crippen LogP) is 0.845. The Balaban J connectivity index is 4.47. The summed E-state index contributed by atoms with van der Waals surface area (Å²) in [5, 5.41) is 17.3. The summed E-state index contributed by atoms with van der Waals surface area (Å²) in [6.45, 7) is 3.90. The molecule has 0 heterocycles. The number of carboxylic acids is 2. The lowest BCUT2D eigenvalue weighted by molar-refractivity contribution is -0.138. The molecule has 0 aromatic rings. The molecule has 0 bridgehead atoms. The van der Waals surface area contributed by atoms with Crippen molar-refractivity contribution in [1.82, 2.24) is 0 Å². The van der Waals surface area contributed by atoms with Crippen molar-refractivity contribution in [1.29, 1.82) is 0 Å². The third-order valence-electron chi connectivity index (χ3n) is 1.87. The number of carbonyl (C=O) groups is 2. The Morgan fingerprint density at radius 3 is 2.20 bits per heavy atom. The Morgan fingerprint density at radius 2 is 1.87 bits per heavy atom. The maximum atomic E-state index is 10.8. The van der Waals surface area contributed by atoms with E-state index >= 15 is 0 Å². The van der Waals surface area contributed by atoms with E-state index in [1.165, 1.54) is 6.08 Å². The van der Waals surface area contributed by atoms with Gasteiger partial charge in [0.15, 0.2) is 0 Å². The Labute approximate surface area is 88.6 Å². The van der Waals surface area contributed by atoms with E-state index in [4.69, 9.17) is 15.9 Å². The molecule has 86 valence electrons. The van der Waals surface area contributed by atoms with Crippen LogP contribution in [-0.2, 0) is 9.59 Å². The third-order valence-corrected chi connectivity index (χ3v) is 1.87. The van der Waals surface area contributed by atoms with Crippen molar-refractivity contribution in [3.05, 3.63) is 11.6 Å². The van der Waals surface area contributed by atoms with E-state index < -0.39 is 18.0 Å². The molecule has 4 N–H and O–H groups in total. The summed E-state index contributed by atoms with van der Waals surface area (Å²) in [5.74, 6) is -1.96. The van der Waals surface area contributed by atoms with Gasteiger partial charge in [0.2, 0.25) is 0 Å². The quantitative estimate of drug-likeness (QED) is 0.570. The van der Waals surface area contributed by atoms with E-state index in [0.29, 0.717) is 12.3 Å². The van der Waals surface area contributed by atoms with Crippen molar-refractivity contribution < 1.29 is 19.8 Å². The van der Waals surface area contributed by atoms with E-state index in [0.717, 1.165) is 0 Å². The minimum Gasteiger partial charge on any atom is -0.480 e. The predicted molar refractivity (Wildman–Crippen MR) is 55.4 cm³/mol. The molecule has 0 saturated heterocycles. The Bertz CT molecular complexity index is 271. The van der Waals surface area contributed by atoms with E-state index in [2.05, 4.69) is 0 Å². The second-order valence-electron chi connectivity index (χ2n) is 3.81. The van der Waals surface area contributed by atoms with Crippen LogP contribution in [0.1, 0.15) is 26.7 Å². The molecule has 0 aromatic carbocycles. The van der Waals surface area contributed by atoms with Gasteiger partial charge >= 0.3 is 11.9 Å². The van der Waals surface area contributed by atoms with Gasteiger partial charge in [-0.05, 0) is 12.3 Å². The number of aliphatic carboxylic acids is 2. The van der Waals surface area contributed by atoms with Gasteiger partial charge in [0, 0.05) is 12.0 Å². The van der Waals surface area contributed by atoms with Crippen LogP contribution in [0.15, 0.2) is 11.6 Å². The molecule has 0 aliphatic heterocycles. The number of hydrogen-bond acceptors (Lipinski definition) is 3. The van der Waals surface area contributed by atoms with Gasteiger partial charge in [-0.3, -0.25) is 4.79 Å². The Kier molecular flexibility index (Phi) is 5.62. The number of rotatable bonds is 6. The number of hydrogen-bond donors (Lipinski definition) is 3. The molecule has 0 amide bonds. The van der Waals surface area contributed by atoms with E-state index in [-0.39, 0.29) is 12.0 Å². The van der Waals surface area contributed by atoms with Crippen LogP contribution in [0.25, 0.3) is 0 Å². The first-order valence-corrected chi connectivity index (χ1v) is 4.75. The van der Waals surface area contributed by atoms with Gasteiger partial charge in [-0.25, -0.2) is 4.79 Å². The van der Waals surface area contributed by atoms with E-state index in [9.17, 15) is 9.59 Å². The first-order valence-electron chi connectivity index (χ1n) is 4.75. The Morgan fingerprint density at radius 1 is 1.33 bits per heavy atom. The van der Waals surface area contributed by atoms with Crippen molar-refractivity contribution in [3.8, 4) is 0 Å². The highest BCUT2D eigenvalue weighted by molar-refractivity contribution is 5.88. The zero-order valence-electron chi connectivity index (χ0n) is 8.93. The first-order chi connectivity index (χ1) is 6.84. The molecular weight excluding hydrogens is 198 g/mol. The topological polar surface area (TPSA) is 101 Å². The summed E-state index contributed by atoms with van der Waals surface area (Å²) in [4.78, 5) is 21.2. The fourth-order valence-electron chi connectivity index (χ4n) is 0.960. The highest BCUT2D eigenvalue weighted by Crippen LogP contribution is 2.10. The second-order valence-corrected chi connectivity index (χ2v) is 3.81. The van der Waals surface area contributed by atoms with Crippen LogP contribution >= 0.6 is 0 Å². The van der Waals surface area contributed by atoms with Gasteiger partial charge in [-0.2, -0.15) is 0 Å². The standard InChI is InChI=1S/C10H17NO4/c1-6(2)3-4-7(9(12)13)5-8(11)10(14)15/h4,6,8H,3,5,11H2,1-2H3,(H,12,13)(H,14,15)/b7-4-/t8-/m0/s1. The summed E-state index contributed by atoms with van der Waals surface area (Å²) < 4.78 is 0. The molecule has 0 fully saturated rings. The number of nitrogens with two attached hydrogens (primary N) is 1. The third kappa shape index (κ3) is 5.85. The van der Waals surface area contributed by atoms with E-state index in [1.807, 2.05) is 13.8 Å². The molecular formula is C10H17NO4. The van der Waals surface area contributed by atoms with Gasteiger partial charge in [-0.15, -0.1) is 0 Å². The Hall–Kier alpha value is -1.36. The lowest BCUT2D eigenvalue weighted by Gasteiger charge is -2.07. The minimum atomic E-state index is -1.19. The van der Waals surface area contributed by atoms with Crippen LogP contribution in [0.3, 0.4) is 0 Å². The van der Waals surface area contributed by atoms with Gasteiger partial charge < -0.3 is 15.9 Å². The minimum absolute atomic E-state index is 0.0681. The monoisotopic (exact) mass is 215 g/mol. The van der Waals surface area contributed by atoms with Crippen LogP contribution in [0.2, 0.25) is 0 Å². The van der Waals surface area contributed by atoms with Gasteiger partial charge in [0.1, 0.15) is 6.04 Å². The molecule has 0 saturated carbocycles. The maximum absolute atomic E-state index is 10.8. The second kappa shape index (κ2) is 6.19. The molecule has 1 atom stereocenters. The molecule has 0 spiro atoms. The van der Waals surface area contributed by atoms with Crippen molar-refractivity contribution in [2.24, 2.45) is 11.7 Å². The molecule has 0 aliphatic rings. The molecule has 0 unspecified atom stereocenters. The van der Waals surface area contributed by atoms with Crippen LogP contribution in [0.5, 0.6) is 0 Å². The van der Waals surface area contributed by atoms with Crippen molar-refractivity contribution in [2.45, 2.75) is 32.7 Å². The van der Waals surface area contributed by atoms with Crippen LogP contribution in [0, 0.1) is 5.92 Å². The summed E-state index contributed by atoms with van der Waals surface area (Å²) in [7, 11) is 0. The fourth-order valence-corrected chi connectivity index (χ4v) is 0.960. The van der Waals surface area contributed by atoms with E-state index in [1.54, 1.807) is 0 Å². The van der Waals surface area contributed by atoms with Crippen LogP contribution in [0.4, 0.5) is 0 Å². The average Bonchev–Trinajstić information content (AvgIpc) is 2.10. The molecule has 0 rings (SSSR count). The number of carboxylic acid groups (broad SMARTS) is 2. The summed E-state index contributed by atoms with van der Waals surface area (Å²) in [6.07, 6.45) is 2.00. The lowest BCUT2D eigenvalue weighted by atomic mass is 10.0. The SMILES string of the molecule is CC(C)C/C=C(/C[C@H](N)C(=O)O)C(=O)O. The van der Waals surface area contributed by atoms with Gasteiger partial charge in [0.05, 0.1) is 0 Å². The summed E-state index contributed by atoms with van der Waals surface area (Å²) >= 11 is 0. The van der Waals surface area contributed by atoms with Crippen molar-refractivity contribution >= 4 is 11.9 Å². The molecule has 0 aromatic heterocycles. The molecule has 15 heavy (non-hydrogen) atoms. The number of allylic oxidation sites excluding steroid dienone is 1. The zero-order valence-corrected chi connectivity index (χ0v) is 8.93. The lowest BCUT2D eigenvalue weighted by Crippen LogP contribution is -2.31. The molecule has 0 radical (unpaired) electrons. The van der Waals surface area contributed by atoms with Crippen LogP contribution in [-0.4, -0.2) is 28.2 Å². The average molecular weight is 215 g/mol. The molecule has 5 heteroatoms. The highest BCUT2D eigenvalue weighted by atomic mass is 16.4. The highest BCUT2D eigenvalue weighted by Gasteiger charge is 2.17.